The van der Waals surface area contributed by atoms with E-state index in [2.05, 4.69) is 4.98 Å². The van der Waals surface area contributed by atoms with E-state index in [9.17, 15) is 4.79 Å². The number of aromatic amines is 1. The van der Waals surface area contributed by atoms with Gasteiger partial charge in [0.2, 0.25) is 0 Å². The molecular formula is C11H11ClN2O2. The van der Waals surface area contributed by atoms with Crippen molar-refractivity contribution >= 4 is 22.6 Å². The molecule has 1 N–H and O–H groups in total. The molecule has 0 aliphatic carbocycles. The number of nitrogens with one attached hydrogen (secondary N) is 1. The molecule has 4 nitrogen and oxygen atoms in total. The predicted molar refractivity (Wildman–Crippen MR) is 61.8 cm³/mol. The molecule has 0 bridgehead atoms. The van der Waals surface area contributed by atoms with Gasteiger partial charge in [0.1, 0.15) is 6.23 Å². The average molecular weight is 239 g/mol. The SMILES string of the molecule is O=c1[nH]c2ccc(Cl)cc2n1C1CCCO1. The highest BCUT2D eigenvalue weighted by Crippen LogP contribution is 2.26. The van der Waals surface area contributed by atoms with Gasteiger partial charge < -0.3 is 9.72 Å². The maximum Gasteiger partial charge on any atom is 0.328 e. The van der Waals surface area contributed by atoms with E-state index in [0.29, 0.717) is 11.6 Å². The summed E-state index contributed by atoms with van der Waals surface area (Å²) in [6.45, 7) is 0.713. The van der Waals surface area contributed by atoms with Crippen LogP contribution in [0.25, 0.3) is 11.0 Å². The zero-order valence-corrected chi connectivity index (χ0v) is 9.33. The fraction of sp³-hybridized carbons (Fsp3) is 0.364. The summed E-state index contributed by atoms with van der Waals surface area (Å²) in [5.41, 5.74) is 1.47. The highest BCUT2D eigenvalue weighted by atomic mass is 35.5. The van der Waals surface area contributed by atoms with E-state index in [-0.39, 0.29) is 11.9 Å². The number of ether oxygens (including phenoxy) is 1. The molecule has 1 aromatic heterocycles. The number of rotatable bonds is 1. The van der Waals surface area contributed by atoms with E-state index in [1.165, 1.54) is 0 Å². The van der Waals surface area contributed by atoms with E-state index < -0.39 is 0 Å². The minimum absolute atomic E-state index is 0.135. The Bertz CT molecular complexity index is 581. The topological polar surface area (TPSA) is 47.0 Å². The number of benzene rings is 1. The molecule has 5 heteroatoms. The van der Waals surface area contributed by atoms with Gasteiger partial charge in [-0.2, -0.15) is 0 Å². The average Bonchev–Trinajstić information content (AvgIpc) is 2.83. The first kappa shape index (κ1) is 9.93. The van der Waals surface area contributed by atoms with Crippen molar-refractivity contribution in [2.75, 3.05) is 6.61 Å². The van der Waals surface area contributed by atoms with Crippen molar-refractivity contribution in [1.82, 2.24) is 9.55 Å². The van der Waals surface area contributed by atoms with Crippen LogP contribution in [0.5, 0.6) is 0 Å². The van der Waals surface area contributed by atoms with Gasteiger partial charge in [-0.05, 0) is 31.0 Å². The first-order valence-corrected chi connectivity index (χ1v) is 5.65. The number of imidazole rings is 1. The maximum absolute atomic E-state index is 11.8. The van der Waals surface area contributed by atoms with Crippen LogP contribution in [0.4, 0.5) is 0 Å². The molecule has 1 unspecified atom stereocenters. The van der Waals surface area contributed by atoms with Crippen LogP contribution in [0.3, 0.4) is 0 Å². The van der Waals surface area contributed by atoms with Crippen molar-refractivity contribution in [3.63, 3.8) is 0 Å². The lowest BCUT2D eigenvalue weighted by Crippen LogP contribution is -2.21. The molecule has 16 heavy (non-hydrogen) atoms. The molecule has 84 valence electrons. The monoisotopic (exact) mass is 238 g/mol. The van der Waals surface area contributed by atoms with Crippen molar-refractivity contribution < 1.29 is 4.74 Å². The Kier molecular flexibility index (Phi) is 2.26. The summed E-state index contributed by atoms with van der Waals surface area (Å²) < 4.78 is 7.17. The Morgan fingerprint density at radius 3 is 3.12 bits per heavy atom. The molecular weight excluding hydrogens is 228 g/mol. The summed E-state index contributed by atoms with van der Waals surface area (Å²) in [4.78, 5) is 14.6. The number of H-pyrrole nitrogens is 1. The van der Waals surface area contributed by atoms with Gasteiger partial charge in [-0.25, -0.2) is 4.79 Å². The lowest BCUT2D eigenvalue weighted by atomic mass is 10.3. The van der Waals surface area contributed by atoms with Gasteiger partial charge in [-0.3, -0.25) is 4.57 Å². The van der Waals surface area contributed by atoms with Crippen LogP contribution in [0.2, 0.25) is 5.02 Å². The van der Waals surface area contributed by atoms with Crippen LogP contribution in [0.15, 0.2) is 23.0 Å². The van der Waals surface area contributed by atoms with Crippen molar-refractivity contribution in [3.05, 3.63) is 33.7 Å². The summed E-state index contributed by atoms with van der Waals surface area (Å²) in [6, 6.07) is 5.36. The molecule has 2 heterocycles. The van der Waals surface area contributed by atoms with E-state index in [1.807, 2.05) is 6.07 Å². The van der Waals surface area contributed by atoms with Crippen molar-refractivity contribution in [2.24, 2.45) is 0 Å². The summed E-state index contributed by atoms with van der Waals surface area (Å²) in [7, 11) is 0. The second kappa shape index (κ2) is 3.64. The Labute approximate surface area is 96.8 Å². The van der Waals surface area contributed by atoms with Crippen LogP contribution >= 0.6 is 11.6 Å². The third kappa shape index (κ3) is 1.45. The van der Waals surface area contributed by atoms with Crippen molar-refractivity contribution in [2.45, 2.75) is 19.1 Å². The number of nitrogens with zero attached hydrogens (tertiary/aromatic N) is 1. The number of fused-ring (bicyclic) bond motifs is 1. The second-order valence-electron chi connectivity index (χ2n) is 3.93. The van der Waals surface area contributed by atoms with Crippen LogP contribution in [0.1, 0.15) is 19.1 Å². The third-order valence-electron chi connectivity index (χ3n) is 2.87. The molecule has 1 fully saturated rings. The number of hydrogen-bond donors (Lipinski definition) is 1. The highest BCUT2D eigenvalue weighted by Gasteiger charge is 2.21. The first-order chi connectivity index (χ1) is 7.75. The zero-order chi connectivity index (χ0) is 11.1. The molecule has 2 aromatic rings. The van der Waals surface area contributed by atoms with Crippen LogP contribution in [0, 0.1) is 0 Å². The molecule has 1 aliphatic heterocycles. The second-order valence-corrected chi connectivity index (χ2v) is 4.37. The molecule has 1 aliphatic rings. The molecule has 1 atom stereocenters. The maximum atomic E-state index is 11.8. The lowest BCUT2D eigenvalue weighted by molar-refractivity contribution is 0.0573. The smallest absolute Gasteiger partial charge is 0.328 e. The van der Waals surface area contributed by atoms with E-state index in [4.69, 9.17) is 16.3 Å². The molecule has 1 saturated heterocycles. The van der Waals surface area contributed by atoms with Gasteiger partial charge in [0.05, 0.1) is 11.0 Å². The Morgan fingerprint density at radius 1 is 1.50 bits per heavy atom. The van der Waals surface area contributed by atoms with Crippen molar-refractivity contribution in [3.8, 4) is 0 Å². The van der Waals surface area contributed by atoms with Gasteiger partial charge in [-0.15, -0.1) is 0 Å². The molecule has 0 amide bonds. The van der Waals surface area contributed by atoms with Gasteiger partial charge in [0.25, 0.3) is 0 Å². The highest BCUT2D eigenvalue weighted by molar-refractivity contribution is 6.31. The number of halogens is 1. The van der Waals surface area contributed by atoms with Gasteiger partial charge in [-0.1, -0.05) is 11.6 Å². The standard InChI is InChI=1S/C11H11ClN2O2/c12-7-3-4-8-9(6-7)14(11(15)13-8)10-2-1-5-16-10/h3-4,6,10H,1-2,5H2,(H,13,15). The first-order valence-electron chi connectivity index (χ1n) is 5.27. The minimum atomic E-state index is -0.153. The summed E-state index contributed by atoms with van der Waals surface area (Å²) in [5.74, 6) is 0. The fourth-order valence-electron chi connectivity index (χ4n) is 2.14. The van der Waals surface area contributed by atoms with Gasteiger partial charge in [0.15, 0.2) is 0 Å². The normalized spacial score (nSPS) is 20.7. The Balaban J connectivity index is 2.25. The molecule has 0 radical (unpaired) electrons. The molecule has 1 aromatic carbocycles. The van der Waals surface area contributed by atoms with Crippen LogP contribution in [-0.4, -0.2) is 16.2 Å². The third-order valence-corrected chi connectivity index (χ3v) is 3.11. The number of hydrogen-bond acceptors (Lipinski definition) is 2. The minimum Gasteiger partial charge on any atom is -0.358 e. The molecule has 0 spiro atoms. The van der Waals surface area contributed by atoms with E-state index in [1.54, 1.807) is 16.7 Å². The fourth-order valence-corrected chi connectivity index (χ4v) is 2.31. The lowest BCUT2D eigenvalue weighted by Gasteiger charge is -2.10. The largest absolute Gasteiger partial charge is 0.358 e. The van der Waals surface area contributed by atoms with Gasteiger partial charge >= 0.3 is 5.69 Å². The zero-order valence-electron chi connectivity index (χ0n) is 8.57. The summed E-state index contributed by atoms with van der Waals surface area (Å²) >= 11 is 5.94. The van der Waals surface area contributed by atoms with E-state index in [0.717, 1.165) is 23.9 Å². The Morgan fingerprint density at radius 2 is 2.38 bits per heavy atom. The number of aromatic nitrogens is 2. The van der Waals surface area contributed by atoms with Gasteiger partial charge in [0, 0.05) is 11.6 Å². The quantitative estimate of drug-likeness (QED) is 0.829. The summed E-state index contributed by atoms with van der Waals surface area (Å²) in [6.07, 6.45) is 1.71. The summed E-state index contributed by atoms with van der Waals surface area (Å²) in [5, 5.41) is 0.623. The molecule has 3 rings (SSSR count). The van der Waals surface area contributed by atoms with E-state index >= 15 is 0 Å². The predicted octanol–water partition coefficient (Wildman–Crippen LogP) is 2.29. The van der Waals surface area contributed by atoms with Crippen LogP contribution < -0.4 is 5.69 Å². The van der Waals surface area contributed by atoms with Crippen LogP contribution in [-0.2, 0) is 4.74 Å². The van der Waals surface area contributed by atoms with Crippen molar-refractivity contribution in [1.29, 1.82) is 0 Å². The molecule has 0 saturated carbocycles. The Hall–Kier alpha value is -1.26.